The number of nitrogens with zero attached hydrogens (tertiary/aromatic N) is 1. The molecule has 0 aliphatic carbocycles. The van der Waals surface area contributed by atoms with Crippen molar-refractivity contribution in [1.82, 2.24) is 4.90 Å². The number of carbonyl (C=O) groups is 2. The Balaban J connectivity index is 2.62. The molecule has 92 valence electrons. The lowest BCUT2D eigenvalue weighted by Gasteiger charge is -2.28. The van der Waals surface area contributed by atoms with Gasteiger partial charge in [-0.2, -0.15) is 0 Å². The van der Waals surface area contributed by atoms with Gasteiger partial charge in [0.2, 0.25) is 0 Å². The number of terminal acetylenes is 1. The molecule has 0 fully saturated rings. The van der Waals surface area contributed by atoms with Crippen LogP contribution in [0.1, 0.15) is 34.6 Å². The molecule has 0 bridgehead atoms. The average molecular weight is 249 g/mol. The molecule has 0 unspecified atom stereocenters. The molecule has 0 radical (unpaired) electrons. The molecule has 18 heavy (non-hydrogen) atoms. The predicted molar refractivity (Wildman–Crippen MR) is 59.8 cm³/mol. The highest BCUT2D eigenvalue weighted by atomic mass is 19.2. The first-order valence-electron chi connectivity index (χ1n) is 5.15. The lowest BCUT2D eigenvalue weighted by molar-refractivity contribution is 0.0551. The number of rotatable bonds is 1. The van der Waals surface area contributed by atoms with Crippen molar-refractivity contribution in [3.05, 3.63) is 34.9 Å². The molecule has 1 aliphatic heterocycles. The fourth-order valence-electron chi connectivity index (χ4n) is 1.81. The van der Waals surface area contributed by atoms with Gasteiger partial charge < -0.3 is 0 Å². The minimum atomic E-state index is -1.17. The van der Waals surface area contributed by atoms with Gasteiger partial charge in [-0.25, -0.2) is 8.78 Å². The third-order valence-electron chi connectivity index (χ3n) is 2.84. The molecule has 0 spiro atoms. The van der Waals surface area contributed by atoms with Gasteiger partial charge in [-0.15, -0.1) is 6.42 Å². The Kier molecular flexibility index (Phi) is 2.47. The number of benzene rings is 1. The number of imide groups is 1. The summed E-state index contributed by atoms with van der Waals surface area (Å²) in [6, 6.07) is 1.44. The second-order valence-corrected chi connectivity index (χ2v) is 4.46. The van der Waals surface area contributed by atoms with Crippen LogP contribution in [0.4, 0.5) is 8.78 Å². The maximum Gasteiger partial charge on any atom is 0.262 e. The molecule has 5 heteroatoms. The number of hydrogen-bond acceptors (Lipinski definition) is 2. The van der Waals surface area contributed by atoms with Gasteiger partial charge >= 0.3 is 0 Å². The van der Waals surface area contributed by atoms with Crippen molar-refractivity contribution in [1.29, 1.82) is 0 Å². The van der Waals surface area contributed by atoms with Crippen molar-refractivity contribution in [2.24, 2.45) is 0 Å². The van der Waals surface area contributed by atoms with Crippen LogP contribution in [-0.2, 0) is 0 Å². The van der Waals surface area contributed by atoms with E-state index in [1.54, 1.807) is 0 Å². The number of halogens is 2. The van der Waals surface area contributed by atoms with Gasteiger partial charge in [0.1, 0.15) is 5.54 Å². The second kappa shape index (κ2) is 3.64. The van der Waals surface area contributed by atoms with Gasteiger partial charge in [-0.1, -0.05) is 5.92 Å². The normalized spacial score (nSPS) is 14.7. The first kappa shape index (κ1) is 12.2. The maximum absolute atomic E-state index is 13.1. The van der Waals surface area contributed by atoms with E-state index in [0.717, 1.165) is 17.0 Å². The monoisotopic (exact) mass is 249 g/mol. The Morgan fingerprint density at radius 3 is 1.83 bits per heavy atom. The molecule has 1 heterocycles. The van der Waals surface area contributed by atoms with Crippen LogP contribution < -0.4 is 0 Å². The zero-order valence-corrected chi connectivity index (χ0v) is 9.75. The molecule has 0 saturated heterocycles. The summed E-state index contributed by atoms with van der Waals surface area (Å²) in [7, 11) is 0. The SMILES string of the molecule is C#CC(C)(C)N1C(=O)c2cc(F)c(F)cc2C1=O. The van der Waals surface area contributed by atoms with E-state index < -0.39 is 29.0 Å². The molecule has 1 aromatic carbocycles. The van der Waals surface area contributed by atoms with E-state index in [1.165, 1.54) is 13.8 Å². The fraction of sp³-hybridized carbons (Fsp3) is 0.231. The van der Waals surface area contributed by atoms with Crippen LogP contribution in [-0.4, -0.2) is 22.3 Å². The topological polar surface area (TPSA) is 37.4 Å². The van der Waals surface area contributed by atoms with Crippen molar-refractivity contribution in [3.63, 3.8) is 0 Å². The van der Waals surface area contributed by atoms with Crippen molar-refractivity contribution in [3.8, 4) is 12.3 Å². The van der Waals surface area contributed by atoms with Crippen molar-refractivity contribution >= 4 is 11.8 Å². The smallest absolute Gasteiger partial charge is 0.262 e. The second-order valence-electron chi connectivity index (χ2n) is 4.46. The number of amides is 2. The molecule has 0 N–H and O–H groups in total. The Bertz CT molecular complexity index is 573. The van der Waals surface area contributed by atoms with E-state index in [2.05, 4.69) is 5.92 Å². The average Bonchev–Trinajstić information content (AvgIpc) is 2.53. The summed E-state index contributed by atoms with van der Waals surface area (Å²) in [5.41, 5.74) is -1.48. The van der Waals surface area contributed by atoms with Crippen molar-refractivity contribution in [2.75, 3.05) is 0 Å². The standard InChI is InChI=1S/C13H9F2NO2/c1-4-13(2,3)16-11(17)7-5-9(14)10(15)6-8(7)12(16)18/h1,5-6H,2-3H3. The summed E-state index contributed by atoms with van der Waals surface area (Å²) in [6.45, 7) is 3.00. The Hall–Kier alpha value is -2.22. The summed E-state index contributed by atoms with van der Waals surface area (Å²) in [6.07, 6.45) is 5.26. The summed E-state index contributed by atoms with van der Waals surface area (Å²) in [5.74, 6) is -1.46. The predicted octanol–water partition coefficient (Wildman–Crippen LogP) is 1.97. The summed E-state index contributed by atoms with van der Waals surface area (Å²) < 4.78 is 26.2. The largest absolute Gasteiger partial charge is 0.269 e. The fourth-order valence-corrected chi connectivity index (χ4v) is 1.81. The highest BCUT2D eigenvalue weighted by Gasteiger charge is 2.44. The number of carbonyl (C=O) groups excluding carboxylic acids is 2. The van der Waals surface area contributed by atoms with Crippen LogP contribution in [0.3, 0.4) is 0 Å². The van der Waals surface area contributed by atoms with Gasteiger partial charge in [0, 0.05) is 0 Å². The summed E-state index contributed by atoms with van der Waals surface area (Å²) >= 11 is 0. The highest BCUT2D eigenvalue weighted by Crippen LogP contribution is 2.30. The summed E-state index contributed by atoms with van der Waals surface area (Å²) in [5, 5.41) is 0. The number of hydrogen-bond donors (Lipinski definition) is 0. The highest BCUT2D eigenvalue weighted by molar-refractivity contribution is 6.22. The van der Waals surface area contributed by atoms with Crippen LogP contribution >= 0.6 is 0 Å². The van der Waals surface area contributed by atoms with Crippen LogP contribution in [0.5, 0.6) is 0 Å². The number of fused-ring (bicyclic) bond motifs is 1. The summed E-state index contributed by atoms with van der Waals surface area (Å²) in [4.78, 5) is 24.8. The molecule has 3 nitrogen and oxygen atoms in total. The molecular weight excluding hydrogens is 240 g/mol. The van der Waals surface area contributed by atoms with E-state index in [9.17, 15) is 18.4 Å². The van der Waals surface area contributed by atoms with E-state index >= 15 is 0 Å². The van der Waals surface area contributed by atoms with Crippen molar-refractivity contribution in [2.45, 2.75) is 19.4 Å². The van der Waals surface area contributed by atoms with Crippen LogP contribution in [0.15, 0.2) is 12.1 Å². The van der Waals surface area contributed by atoms with E-state index in [0.29, 0.717) is 0 Å². The molecule has 1 aromatic rings. The van der Waals surface area contributed by atoms with Crippen LogP contribution in [0.2, 0.25) is 0 Å². The molecule has 0 atom stereocenters. The third-order valence-corrected chi connectivity index (χ3v) is 2.84. The van der Waals surface area contributed by atoms with Gasteiger partial charge in [0.15, 0.2) is 11.6 Å². The minimum Gasteiger partial charge on any atom is -0.269 e. The van der Waals surface area contributed by atoms with E-state index in [4.69, 9.17) is 6.42 Å². The van der Waals surface area contributed by atoms with Crippen LogP contribution in [0.25, 0.3) is 0 Å². The molecule has 0 saturated carbocycles. The first-order valence-corrected chi connectivity index (χ1v) is 5.15. The minimum absolute atomic E-state index is 0.165. The quantitative estimate of drug-likeness (QED) is 0.563. The molecule has 1 aliphatic rings. The zero-order chi connectivity index (χ0) is 13.7. The van der Waals surface area contributed by atoms with Crippen LogP contribution in [0, 0.1) is 24.0 Å². The Labute approximate surface area is 102 Å². The molecule has 0 aromatic heterocycles. The first-order chi connectivity index (χ1) is 8.29. The van der Waals surface area contributed by atoms with Gasteiger partial charge in [0.05, 0.1) is 11.1 Å². The zero-order valence-electron chi connectivity index (χ0n) is 9.75. The lowest BCUT2D eigenvalue weighted by atomic mass is 10.0. The molecule has 2 amide bonds. The van der Waals surface area contributed by atoms with E-state index in [1.807, 2.05) is 0 Å². The molecule has 2 rings (SSSR count). The Morgan fingerprint density at radius 2 is 1.50 bits per heavy atom. The van der Waals surface area contributed by atoms with Gasteiger partial charge in [-0.05, 0) is 26.0 Å². The Morgan fingerprint density at radius 1 is 1.11 bits per heavy atom. The molecular formula is C13H9F2NO2. The van der Waals surface area contributed by atoms with Gasteiger partial charge in [0.25, 0.3) is 11.8 Å². The van der Waals surface area contributed by atoms with E-state index in [-0.39, 0.29) is 11.1 Å². The van der Waals surface area contributed by atoms with Crippen molar-refractivity contribution < 1.29 is 18.4 Å². The lowest BCUT2D eigenvalue weighted by Crippen LogP contribution is -2.46. The van der Waals surface area contributed by atoms with Gasteiger partial charge in [-0.3, -0.25) is 14.5 Å². The maximum atomic E-state index is 13.1. The third kappa shape index (κ3) is 1.50.